The fourth-order valence-electron chi connectivity index (χ4n) is 3.00. The number of rotatable bonds is 7. The molecule has 2 aromatic rings. The van der Waals surface area contributed by atoms with Gasteiger partial charge in [-0.2, -0.15) is 4.31 Å². The van der Waals surface area contributed by atoms with Crippen LogP contribution in [0.1, 0.15) is 23.2 Å². The highest BCUT2D eigenvalue weighted by molar-refractivity contribution is 7.89. The summed E-state index contributed by atoms with van der Waals surface area (Å²) in [5.41, 5.74) is -0.431. The standard InChI is InChI=1S/C19H18ClN3O7S/c20-14-5-8-16(17(11-14)23(26)27)21-18(24)12-30-19(25)13-3-6-15(7-4-13)31(28,29)22-9-1-2-10-22/h3-8,11H,1-2,9-10,12H2,(H,21,24). The topological polar surface area (TPSA) is 136 Å². The van der Waals surface area contributed by atoms with Gasteiger partial charge in [0.1, 0.15) is 5.69 Å². The van der Waals surface area contributed by atoms with Gasteiger partial charge in [-0.25, -0.2) is 13.2 Å². The molecule has 164 valence electrons. The lowest BCUT2D eigenvalue weighted by Crippen LogP contribution is -2.27. The van der Waals surface area contributed by atoms with Crippen molar-refractivity contribution in [1.82, 2.24) is 4.31 Å². The second-order valence-electron chi connectivity index (χ2n) is 6.68. The van der Waals surface area contributed by atoms with Crippen molar-refractivity contribution >= 4 is 44.9 Å². The zero-order chi connectivity index (χ0) is 22.6. The number of amides is 1. The molecular formula is C19H18ClN3O7S. The van der Waals surface area contributed by atoms with E-state index in [4.69, 9.17) is 16.3 Å². The number of sulfonamides is 1. The Morgan fingerprint density at radius 2 is 1.77 bits per heavy atom. The monoisotopic (exact) mass is 467 g/mol. The summed E-state index contributed by atoms with van der Waals surface area (Å²) >= 11 is 5.72. The van der Waals surface area contributed by atoms with Gasteiger partial charge in [0.2, 0.25) is 10.0 Å². The van der Waals surface area contributed by atoms with Crippen LogP contribution >= 0.6 is 11.6 Å². The molecule has 1 fully saturated rings. The van der Waals surface area contributed by atoms with Crippen LogP contribution in [-0.4, -0.2) is 49.2 Å². The van der Waals surface area contributed by atoms with Gasteiger partial charge in [0, 0.05) is 24.2 Å². The van der Waals surface area contributed by atoms with Crippen LogP contribution in [0.2, 0.25) is 5.02 Å². The summed E-state index contributed by atoms with van der Waals surface area (Å²) in [5.74, 6) is -1.63. The molecule has 31 heavy (non-hydrogen) atoms. The molecule has 0 radical (unpaired) electrons. The van der Waals surface area contributed by atoms with Crippen LogP contribution in [0.15, 0.2) is 47.4 Å². The van der Waals surface area contributed by atoms with Crippen molar-refractivity contribution in [3.05, 3.63) is 63.2 Å². The quantitative estimate of drug-likeness (QED) is 0.375. The van der Waals surface area contributed by atoms with Crippen molar-refractivity contribution in [2.75, 3.05) is 25.0 Å². The fourth-order valence-corrected chi connectivity index (χ4v) is 4.69. The zero-order valence-electron chi connectivity index (χ0n) is 16.1. The summed E-state index contributed by atoms with van der Waals surface area (Å²) in [4.78, 5) is 34.6. The summed E-state index contributed by atoms with van der Waals surface area (Å²) in [6.45, 7) is 0.243. The number of nitro groups is 1. The van der Waals surface area contributed by atoms with Gasteiger partial charge < -0.3 is 10.1 Å². The lowest BCUT2D eigenvalue weighted by Gasteiger charge is -2.15. The van der Waals surface area contributed by atoms with Crippen LogP contribution in [0.25, 0.3) is 0 Å². The van der Waals surface area contributed by atoms with Gasteiger partial charge in [-0.15, -0.1) is 0 Å². The average Bonchev–Trinajstić information content (AvgIpc) is 3.29. The van der Waals surface area contributed by atoms with Crippen molar-refractivity contribution in [1.29, 1.82) is 0 Å². The summed E-state index contributed by atoms with van der Waals surface area (Å²) in [7, 11) is -3.60. The molecule has 1 heterocycles. The van der Waals surface area contributed by atoms with Crippen molar-refractivity contribution in [2.45, 2.75) is 17.7 Å². The third-order valence-electron chi connectivity index (χ3n) is 4.56. The summed E-state index contributed by atoms with van der Waals surface area (Å²) in [5, 5.41) is 13.5. The van der Waals surface area contributed by atoms with Gasteiger partial charge in [-0.1, -0.05) is 11.6 Å². The minimum atomic E-state index is -3.60. The van der Waals surface area contributed by atoms with Crippen LogP contribution in [0, 0.1) is 10.1 Å². The minimum Gasteiger partial charge on any atom is -0.452 e. The Morgan fingerprint density at radius 1 is 1.13 bits per heavy atom. The number of carbonyl (C=O) groups is 2. The molecule has 0 spiro atoms. The number of benzene rings is 2. The van der Waals surface area contributed by atoms with Crippen LogP contribution in [0.5, 0.6) is 0 Å². The SMILES string of the molecule is O=C(COC(=O)c1ccc(S(=O)(=O)N2CCCC2)cc1)Nc1ccc(Cl)cc1[N+](=O)[O-]. The number of halogens is 1. The molecule has 1 N–H and O–H groups in total. The summed E-state index contributed by atoms with van der Waals surface area (Å²) in [6.07, 6.45) is 1.62. The van der Waals surface area contributed by atoms with Crippen LogP contribution in [0.3, 0.4) is 0 Å². The first-order valence-corrected chi connectivity index (χ1v) is 11.0. The van der Waals surface area contributed by atoms with E-state index < -0.39 is 39.1 Å². The number of esters is 1. The molecule has 0 unspecified atom stereocenters. The molecule has 1 saturated heterocycles. The van der Waals surface area contributed by atoms with Crippen molar-refractivity contribution in [3.8, 4) is 0 Å². The highest BCUT2D eigenvalue weighted by Gasteiger charge is 2.27. The Balaban J connectivity index is 1.60. The number of hydrogen-bond donors (Lipinski definition) is 1. The first kappa shape index (κ1) is 22.7. The first-order valence-electron chi connectivity index (χ1n) is 9.19. The lowest BCUT2D eigenvalue weighted by atomic mass is 10.2. The van der Waals surface area contributed by atoms with E-state index in [9.17, 15) is 28.1 Å². The number of carbonyl (C=O) groups excluding carboxylic acids is 2. The van der Waals surface area contributed by atoms with Gasteiger partial charge in [-0.05, 0) is 49.2 Å². The van der Waals surface area contributed by atoms with Crippen molar-refractivity contribution in [3.63, 3.8) is 0 Å². The molecule has 10 nitrogen and oxygen atoms in total. The van der Waals surface area contributed by atoms with E-state index in [0.29, 0.717) is 13.1 Å². The molecule has 0 atom stereocenters. The van der Waals surface area contributed by atoms with Gasteiger partial charge in [0.15, 0.2) is 6.61 Å². The van der Waals surface area contributed by atoms with Crippen molar-refractivity contribution in [2.24, 2.45) is 0 Å². The molecule has 1 aliphatic rings. The molecule has 12 heteroatoms. The number of nitrogens with zero attached hydrogens (tertiary/aromatic N) is 2. The van der Waals surface area contributed by atoms with E-state index in [1.165, 1.54) is 40.7 Å². The number of ether oxygens (including phenoxy) is 1. The predicted molar refractivity (Wildman–Crippen MR) is 111 cm³/mol. The predicted octanol–water partition coefficient (Wildman–Crippen LogP) is 2.83. The second kappa shape index (κ2) is 9.41. The molecule has 0 bridgehead atoms. The Kier molecular flexibility index (Phi) is 6.88. The third kappa shape index (κ3) is 5.37. The number of nitro benzene ring substituents is 1. The van der Waals surface area contributed by atoms with E-state index in [2.05, 4.69) is 5.32 Å². The normalized spacial score (nSPS) is 14.2. The van der Waals surface area contributed by atoms with Gasteiger partial charge in [0.05, 0.1) is 15.4 Å². The maximum Gasteiger partial charge on any atom is 0.338 e. The van der Waals surface area contributed by atoms with Crippen LogP contribution < -0.4 is 5.32 Å². The first-order chi connectivity index (χ1) is 14.7. The highest BCUT2D eigenvalue weighted by Crippen LogP contribution is 2.27. The maximum atomic E-state index is 12.5. The summed E-state index contributed by atoms with van der Waals surface area (Å²) in [6, 6.07) is 8.93. The van der Waals surface area contributed by atoms with Gasteiger partial charge >= 0.3 is 5.97 Å². The maximum absolute atomic E-state index is 12.5. The average molecular weight is 468 g/mol. The van der Waals surface area contributed by atoms with Gasteiger partial charge in [0.25, 0.3) is 11.6 Å². The molecule has 2 aromatic carbocycles. The number of nitrogens with one attached hydrogen (secondary N) is 1. The fraction of sp³-hybridized carbons (Fsp3) is 0.263. The van der Waals surface area contributed by atoms with Crippen LogP contribution in [0.4, 0.5) is 11.4 Å². The third-order valence-corrected chi connectivity index (χ3v) is 6.71. The molecule has 1 aliphatic heterocycles. The zero-order valence-corrected chi connectivity index (χ0v) is 17.7. The Bertz CT molecular complexity index is 1110. The minimum absolute atomic E-state index is 0.0608. The molecule has 0 aliphatic carbocycles. The van der Waals surface area contributed by atoms with Crippen molar-refractivity contribution < 1.29 is 27.7 Å². The van der Waals surface area contributed by atoms with E-state index in [1.807, 2.05) is 0 Å². The largest absolute Gasteiger partial charge is 0.452 e. The Hall–Kier alpha value is -3.02. The Labute approximate surface area is 183 Å². The number of hydrogen-bond acceptors (Lipinski definition) is 7. The van der Waals surface area contributed by atoms with E-state index in [0.717, 1.165) is 18.9 Å². The molecule has 0 aromatic heterocycles. The van der Waals surface area contributed by atoms with E-state index >= 15 is 0 Å². The second-order valence-corrected chi connectivity index (χ2v) is 9.05. The molecule has 0 saturated carbocycles. The highest BCUT2D eigenvalue weighted by atomic mass is 35.5. The molecule has 3 rings (SSSR count). The van der Waals surface area contributed by atoms with E-state index in [1.54, 1.807) is 0 Å². The van der Waals surface area contributed by atoms with E-state index in [-0.39, 0.29) is 21.2 Å². The van der Waals surface area contributed by atoms with Gasteiger partial charge in [-0.3, -0.25) is 14.9 Å². The van der Waals surface area contributed by atoms with Crippen LogP contribution in [-0.2, 0) is 19.6 Å². The number of anilines is 1. The molecular weight excluding hydrogens is 450 g/mol. The Morgan fingerprint density at radius 3 is 2.39 bits per heavy atom. The molecule has 1 amide bonds. The summed E-state index contributed by atoms with van der Waals surface area (Å²) < 4.78 is 31.3. The lowest BCUT2D eigenvalue weighted by molar-refractivity contribution is -0.383. The smallest absolute Gasteiger partial charge is 0.338 e.